The van der Waals surface area contributed by atoms with Crippen molar-refractivity contribution >= 4 is 13.7 Å². The Morgan fingerprint density at radius 2 is 0.857 bits per heavy atom. The molecule has 1 amide bonds. The van der Waals surface area contributed by atoms with Gasteiger partial charge in [-0.25, -0.2) is 4.57 Å². The first-order valence-corrected chi connectivity index (χ1v) is 30.1. The summed E-state index contributed by atoms with van der Waals surface area (Å²) in [5, 5.41) is 13.9. The van der Waals surface area contributed by atoms with Crippen molar-refractivity contribution in [2.24, 2.45) is 0 Å². The maximum atomic E-state index is 12.9. The summed E-state index contributed by atoms with van der Waals surface area (Å²) in [5.41, 5.74) is 0. The fourth-order valence-corrected chi connectivity index (χ4v) is 8.62. The number of carbonyl (C=O) groups is 1. The molecule has 0 rings (SSSR count). The van der Waals surface area contributed by atoms with Gasteiger partial charge in [0.25, 0.3) is 0 Å². The molecule has 0 aliphatic heterocycles. The van der Waals surface area contributed by atoms with Crippen molar-refractivity contribution in [1.29, 1.82) is 0 Å². The van der Waals surface area contributed by atoms with Gasteiger partial charge in [0.2, 0.25) is 5.91 Å². The number of carbonyl (C=O) groups excluding carboxylic acids is 1. The molecule has 0 heterocycles. The number of aliphatic hydroxyl groups excluding tert-OH is 1. The zero-order valence-corrected chi connectivity index (χ0v) is 46.9. The molecule has 0 saturated carbocycles. The van der Waals surface area contributed by atoms with Crippen molar-refractivity contribution in [3.05, 3.63) is 97.2 Å². The van der Waals surface area contributed by atoms with Crippen LogP contribution in [0, 0.1) is 0 Å². The Balaban J connectivity index is 3.93. The molecule has 0 aliphatic carbocycles. The summed E-state index contributed by atoms with van der Waals surface area (Å²) in [7, 11) is 1.61. The predicted molar refractivity (Wildman–Crippen MR) is 304 cm³/mol. The van der Waals surface area contributed by atoms with Gasteiger partial charge in [-0.3, -0.25) is 13.8 Å². The Bertz CT molecular complexity index is 1460. The van der Waals surface area contributed by atoms with Crippen LogP contribution in [0.2, 0.25) is 0 Å². The summed E-state index contributed by atoms with van der Waals surface area (Å²) in [6.07, 6.45) is 73.4. The van der Waals surface area contributed by atoms with E-state index in [1.165, 1.54) is 116 Å². The normalized spacial score (nSPS) is 14.7. The summed E-state index contributed by atoms with van der Waals surface area (Å²) in [6, 6.07) is -0.763. The molecule has 0 spiro atoms. The number of nitrogens with zero attached hydrogens (tertiary/aromatic N) is 1. The Labute approximate surface area is 432 Å². The number of aliphatic hydroxyl groups is 1. The highest BCUT2D eigenvalue weighted by Gasteiger charge is 2.28. The first kappa shape index (κ1) is 67.4. The van der Waals surface area contributed by atoms with Gasteiger partial charge in [-0.1, -0.05) is 246 Å². The van der Waals surface area contributed by atoms with Gasteiger partial charge >= 0.3 is 7.82 Å². The van der Waals surface area contributed by atoms with Crippen molar-refractivity contribution < 1.29 is 32.9 Å². The summed E-state index contributed by atoms with van der Waals surface area (Å²) >= 11 is 0. The van der Waals surface area contributed by atoms with Crippen LogP contribution < -0.4 is 5.32 Å². The molecular weight excluding hydrogens is 888 g/mol. The van der Waals surface area contributed by atoms with Crippen molar-refractivity contribution in [3.63, 3.8) is 0 Å². The van der Waals surface area contributed by atoms with Crippen LogP contribution in [0.5, 0.6) is 0 Å². The van der Waals surface area contributed by atoms with Crippen molar-refractivity contribution in [1.82, 2.24) is 5.32 Å². The number of rotatable bonds is 51. The minimum absolute atomic E-state index is 0.0715. The second-order valence-electron chi connectivity index (χ2n) is 20.3. The highest BCUT2D eigenvalue weighted by Crippen LogP contribution is 2.43. The number of quaternary nitrogens is 1. The number of nitrogens with one attached hydrogen (secondary N) is 1. The monoisotopic (exact) mass is 998 g/mol. The van der Waals surface area contributed by atoms with Gasteiger partial charge in [0, 0.05) is 6.42 Å². The lowest BCUT2D eigenvalue weighted by Crippen LogP contribution is -2.46. The van der Waals surface area contributed by atoms with E-state index in [0.717, 1.165) is 89.9 Å². The van der Waals surface area contributed by atoms with Gasteiger partial charge in [0.05, 0.1) is 39.9 Å². The highest BCUT2D eigenvalue weighted by molar-refractivity contribution is 7.47. The van der Waals surface area contributed by atoms with E-state index >= 15 is 0 Å². The molecule has 0 bridgehead atoms. The van der Waals surface area contributed by atoms with E-state index < -0.39 is 20.0 Å². The summed E-state index contributed by atoms with van der Waals surface area (Å²) < 4.78 is 23.6. The third-order valence-corrected chi connectivity index (χ3v) is 13.3. The van der Waals surface area contributed by atoms with Crippen LogP contribution in [0.15, 0.2) is 97.2 Å². The number of allylic oxidation sites excluding steroid dienone is 16. The average molecular weight is 999 g/mol. The van der Waals surface area contributed by atoms with Crippen LogP contribution in [-0.4, -0.2) is 73.4 Å². The van der Waals surface area contributed by atoms with Gasteiger partial charge in [-0.2, -0.15) is 0 Å². The smallest absolute Gasteiger partial charge is 0.391 e. The second-order valence-corrected chi connectivity index (χ2v) is 21.7. The molecule has 0 radical (unpaired) electrons. The number of phosphoric acid groups is 1. The zero-order valence-electron chi connectivity index (χ0n) is 46.0. The van der Waals surface area contributed by atoms with E-state index in [-0.39, 0.29) is 19.1 Å². The molecule has 404 valence electrons. The summed E-state index contributed by atoms with van der Waals surface area (Å²) in [6.45, 7) is 4.74. The van der Waals surface area contributed by atoms with Crippen LogP contribution in [-0.2, 0) is 18.4 Å². The van der Waals surface area contributed by atoms with E-state index in [9.17, 15) is 19.4 Å². The highest BCUT2D eigenvalue weighted by atomic mass is 31.2. The number of likely N-dealkylation sites (N-methyl/N-ethyl adjacent to an activating group) is 1. The average Bonchev–Trinajstić information content (AvgIpc) is 3.32. The Hall–Kier alpha value is -2.58. The molecule has 3 atom stereocenters. The lowest BCUT2D eigenvalue weighted by molar-refractivity contribution is -0.870. The SMILES string of the molecule is CC/C=C\C/C=C\C/C=C\C/C=C\C/C=C\C/C=C\C/C=C\C/C=C\CCCCCCCCCCCCCCCCC(=O)NC(COP(=O)(O)OCC[N+](C)(C)C)C(O)CCCCCCCCCCC. The van der Waals surface area contributed by atoms with Gasteiger partial charge in [0.15, 0.2) is 0 Å². The van der Waals surface area contributed by atoms with Gasteiger partial charge in [-0.15, -0.1) is 0 Å². The van der Waals surface area contributed by atoms with Gasteiger partial charge in [-0.05, 0) is 77.0 Å². The maximum absolute atomic E-state index is 12.9. The third-order valence-electron chi connectivity index (χ3n) is 12.3. The van der Waals surface area contributed by atoms with E-state index in [1.807, 2.05) is 21.1 Å². The summed E-state index contributed by atoms with van der Waals surface area (Å²) in [5.74, 6) is -0.150. The first-order valence-electron chi connectivity index (χ1n) is 28.6. The van der Waals surface area contributed by atoms with Crippen LogP contribution in [0.4, 0.5) is 0 Å². The summed E-state index contributed by atoms with van der Waals surface area (Å²) in [4.78, 5) is 23.2. The third kappa shape index (κ3) is 53.2. The van der Waals surface area contributed by atoms with Crippen LogP contribution >= 0.6 is 7.82 Å². The van der Waals surface area contributed by atoms with Crippen LogP contribution in [0.3, 0.4) is 0 Å². The van der Waals surface area contributed by atoms with E-state index in [1.54, 1.807) is 0 Å². The predicted octanol–water partition coefficient (Wildman–Crippen LogP) is 17.4. The van der Waals surface area contributed by atoms with Gasteiger partial charge in [0.1, 0.15) is 13.2 Å². The number of amides is 1. The quantitative estimate of drug-likeness (QED) is 0.0243. The number of phosphoric ester groups is 1. The molecule has 0 fully saturated rings. The van der Waals surface area contributed by atoms with Crippen LogP contribution in [0.1, 0.15) is 232 Å². The molecule has 3 unspecified atom stereocenters. The van der Waals surface area contributed by atoms with E-state index in [4.69, 9.17) is 9.05 Å². The fourth-order valence-electron chi connectivity index (χ4n) is 7.89. The lowest BCUT2D eigenvalue weighted by atomic mass is 10.0. The molecule has 0 aromatic heterocycles. The van der Waals surface area contributed by atoms with Gasteiger partial charge < -0.3 is 19.8 Å². The number of unbranched alkanes of at least 4 members (excludes halogenated alkanes) is 22. The van der Waals surface area contributed by atoms with Crippen LogP contribution in [0.25, 0.3) is 0 Å². The number of hydrogen-bond acceptors (Lipinski definition) is 5. The Kier molecular flexibility index (Phi) is 49.4. The topological polar surface area (TPSA) is 105 Å². The van der Waals surface area contributed by atoms with Crippen molar-refractivity contribution in [2.45, 2.75) is 244 Å². The molecule has 0 aromatic carbocycles. The fraction of sp³-hybridized carbons (Fsp3) is 0.721. The molecule has 8 nitrogen and oxygen atoms in total. The van der Waals surface area contributed by atoms with E-state index in [0.29, 0.717) is 23.9 Å². The second kappa shape index (κ2) is 51.3. The molecule has 3 N–H and O–H groups in total. The molecule has 0 aliphatic rings. The molecule has 70 heavy (non-hydrogen) atoms. The zero-order chi connectivity index (χ0) is 51.3. The standard InChI is InChI=1S/C61H109N2O6P/c1-6-8-10-12-14-16-17-18-19-20-21-22-23-24-25-26-27-28-29-30-31-32-33-34-35-36-37-38-39-40-41-42-43-44-45-47-49-51-53-55-61(65)62-59(58-69-70(66,67)68-57-56-63(3,4)5)60(64)54-52-50-48-46-15-13-11-9-7-2/h8,10,14,16,18-19,21-22,24-25,27-28,30-31,33-34,59-60,64H,6-7,9,11-13,15,17,20,23,26,29,32,35-58H2,1-5H3,(H-,62,65,66,67)/p+1/b10-8-,16-14-,19-18-,22-21-,25-24-,28-27-,31-30-,34-33-. The van der Waals surface area contributed by atoms with E-state index in [2.05, 4.69) is 116 Å². The Morgan fingerprint density at radius 3 is 1.26 bits per heavy atom. The molecule has 0 saturated heterocycles. The molecule has 9 heteroatoms. The lowest BCUT2D eigenvalue weighted by Gasteiger charge is -2.26. The van der Waals surface area contributed by atoms with Crippen molar-refractivity contribution in [2.75, 3.05) is 40.9 Å². The molecule has 0 aromatic rings. The first-order chi connectivity index (χ1) is 34.0. The minimum Gasteiger partial charge on any atom is -0.391 e. The van der Waals surface area contributed by atoms with Crippen molar-refractivity contribution in [3.8, 4) is 0 Å². The number of hydrogen-bond donors (Lipinski definition) is 3. The largest absolute Gasteiger partial charge is 0.472 e. The minimum atomic E-state index is -4.32. The maximum Gasteiger partial charge on any atom is 0.472 e. The Morgan fingerprint density at radius 1 is 0.500 bits per heavy atom. The molecular formula is C61H110N2O6P+.